The minimum Gasteiger partial charge on any atom is -0.480 e. The Morgan fingerprint density at radius 2 is 1.83 bits per heavy atom. The highest BCUT2D eigenvalue weighted by molar-refractivity contribution is 5.80. The Bertz CT molecular complexity index is 398. The quantitative estimate of drug-likeness (QED) is 0.860. The third-order valence-corrected chi connectivity index (χ3v) is 3.88. The molecule has 0 heterocycles. The van der Waals surface area contributed by atoms with Crippen molar-refractivity contribution in [3.8, 4) is 0 Å². The van der Waals surface area contributed by atoms with E-state index in [0.717, 1.165) is 18.4 Å². The van der Waals surface area contributed by atoms with E-state index in [1.165, 1.54) is 19.3 Å². The molecule has 0 aromatic heterocycles. The van der Waals surface area contributed by atoms with E-state index in [1.807, 2.05) is 30.3 Å². The smallest absolute Gasteiger partial charge is 0.328 e. The number of hydrogen-bond donors (Lipinski definition) is 2. The predicted octanol–water partition coefficient (Wildman–Crippen LogP) is 2.91. The summed E-state index contributed by atoms with van der Waals surface area (Å²) in [5, 5.41) is 12.9. The fourth-order valence-electron chi connectivity index (χ4n) is 2.70. The van der Waals surface area contributed by atoms with E-state index in [1.54, 1.807) is 6.92 Å². The normalized spacial score (nSPS) is 20.3. The first-order valence-electron chi connectivity index (χ1n) is 6.69. The van der Waals surface area contributed by atoms with Crippen LogP contribution < -0.4 is 5.32 Å². The summed E-state index contributed by atoms with van der Waals surface area (Å²) >= 11 is 0. The van der Waals surface area contributed by atoms with Crippen molar-refractivity contribution in [2.45, 2.75) is 50.6 Å². The van der Waals surface area contributed by atoms with E-state index in [4.69, 9.17) is 0 Å². The number of rotatable bonds is 4. The van der Waals surface area contributed by atoms with Gasteiger partial charge in [-0.05, 0) is 25.3 Å². The number of carbonyl (C=O) groups is 1. The van der Waals surface area contributed by atoms with Crippen LogP contribution in [0, 0.1) is 0 Å². The molecule has 0 amide bonds. The van der Waals surface area contributed by atoms with Crippen LogP contribution >= 0.6 is 0 Å². The molecule has 1 unspecified atom stereocenters. The summed E-state index contributed by atoms with van der Waals surface area (Å²) in [6.45, 7) is 1.76. The minimum absolute atomic E-state index is 0.319. The van der Waals surface area contributed by atoms with Crippen molar-refractivity contribution in [1.29, 1.82) is 0 Å². The maximum atomic E-state index is 11.6. The standard InChI is InChI=1S/C15H21NO2/c1-15(14(17)18,12-8-4-2-5-9-12)16-13-10-6-3-7-11-13/h2,4-5,8-9,13,16H,3,6-7,10-11H2,1H3,(H,17,18). The molecule has 1 fully saturated rings. The maximum absolute atomic E-state index is 11.6. The van der Waals surface area contributed by atoms with E-state index in [9.17, 15) is 9.90 Å². The molecule has 18 heavy (non-hydrogen) atoms. The third kappa shape index (κ3) is 2.72. The fourth-order valence-corrected chi connectivity index (χ4v) is 2.70. The van der Waals surface area contributed by atoms with Crippen LogP contribution in [0.5, 0.6) is 0 Å². The van der Waals surface area contributed by atoms with Crippen LogP contribution in [0.3, 0.4) is 0 Å². The van der Waals surface area contributed by atoms with Crippen molar-refractivity contribution in [2.75, 3.05) is 0 Å². The molecular formula is C15H21NO2. The number of hydrogen-bond acceptors (Lipinski definition) is 2. The van der Waals surface area contributed by atoms with E-state index >= 15 is 0 Å². The van der Waals surface area contributed by atoms with Gasteiger partial charge in [0.15, 0.2) is 0 Å². The molecule has 1 atom stereocenters. The van der Waals surface area contributed by atoms with Gasteiger partial charge in [-0.25, -0.2) is 4.79 Å². The van der Waals surface area contributed by atoms with Crippen LogP contribution in [-0.4, -0.2) is 17.1 Å². The third-order valence-electron chi connectivity index (χ3n) is 3.88. The van der Waals surface area contributed by atoms with Gasteiger partial charge in [0.2, 0.25) is 0 Å². The van der Waals surface area contributed by atoms with Crippen LogP contribution in [-0.2, 0) is 10.3 Å². The summed E-state index contributed by atoms with van der Waals surface area (Å²) in [7, 11) is 0. The molecule has 0 radical (unpaired) electrons. The summed E-state index contributed by atoms with van der Waals surface area (Å²) in [5.41, 5.74) is -0.161. The minimum atomic E-state index is -0.983. The molecule has 0 saturated heterocycles. The van der Waals surface area contributed by atoms with Crippen molar-refractivity contribution in [1.82, 2.24) is 5.32 Å². The Morgan fingerprint density at radius 3 is 2.39 bits per heavy atom. The van der Waals surface area contributed by atoms with Gasteiger partial charge in [0.25, 0.3) is 0 Å². The number of aliphatic carboxylic acids is 1. The van der Waals surface area contributed by atoms with Crippen LogP contribution in [0.15, 0.2) is 30.3 Å². The molecule has 2 rings (SSSR count). The topological polar surface area (TPSA) is 49.3 Å². The van der Waals surface area contributed by atoms with E-state index in [-0.39, 0.29) is 0 Å². The molecule has 98 valence electrons. The Kier molecular flexibility index (Phi) is 4.02. The summed E-state index contributed by atoms with van der Waals surface area (Å²) < 4.78 is 0. The first-order valence-corrected chi connectivity index (χ1v) is 6.69. The monoisotopic (exact) mass is 247 g/mol. The van der Waals surface area contributed by atoms with Crippen LogP contribution in [0.25, 0.3) is 0 Å². The largest absolute Gasteiger partial charge is 0.480 e. The van der Waals surface area contributed by atoms with Crippen LogP contribution in [0.4, 0.5) is 0 Å². The maximum Gasteiger partial charge on any atom is 0.328 e. The van der Waals surface area contributed by atoms with Crippen molar-refractivity contribution in [3.63, 3.8) is 0 Å². The lowest BCUT2D eigenvalue weighted by atomic mass is 9.87. The average Bonchev–Trinajstić information content (AvgIpc) is 2.40. The molecular weight excluding hydrogens is 226 g/mol. The highest BCUT2D eigenvalue weighted by atomic mass is 16.4. The summed E-state index contributed by atoms with van der Waals surface area (Å²) in [6, 6.07) is 9.76. The van der Waals surface area contributed by atoms with Gasteiger partial charge in [-0.3, -0.25) is 5.32 Å². The van der Waals surface area contributed by atoms with Gasteiger partial charge in [-0.2, -0.15) is 0 Å². The van der Waals surface area contributed by atoms with Crippen molar-refractivity contribution >= 4 is 5.97 Å². The SMILES string of the molecule is CC(NC1CCCCC1)(C(=O)O)c1ccccc1. The van der Waals surface area contributed by atoms with Gasteiger partial charge in [-0.15, -0.1) is 0 Å². The Hall–Kier alpha value is -1.35. The molecule has 0 spiro atoms. The first kappa shape index (κ1) is 13.1. The summed E-state index contributed by atoms with van der Waals surface area (Å²) in [6.07, 6.45) is 5.82. The average molecular weight is 247 g/mol. The fraction of sp³-hybridized carbons (Fsp3) is 0.533. The zero-order valence-corrected chi connectivity index (χ0v) is 10.9. The van der Waals surface area contributed by atoms with Gasteiger partial charge < -0.3 is 5.11 Å². The second-order valence-corrected chi connectivity index (χ2v) is 5.28. The Labute approximate surface area is 108 Å². The van der Waals surface area contributed by atoms with Gasteiger partial charge in [0.1, 0.15) is 5.54 Å². The van der Waals surface area contributed by atoms with Crippen molar-refractivity contribution in [2.24, 2.45) is 0 Å². The molecule has 1 aliphatic rings. The Balaban J connectivity index is 2.19. The zero-order chi connectivity index (χ0) is 13.0. The lowest BCUT2D eigenvalue weighted by molar-refractivity contribution is -0.145. The molecule has 1 aromatic rings. The lowest BCUT2D eigenvalue weighted by Gasteiger charge is -2.34. The van der Waals surface area contributed by atoms with E-state index in [0.29, 0.717) is 6.04 Å². The zero-order valence-electron chi connectivity index (χ0n) is 10.9. The van der Waals surface area contributed by atoms with E-state index in [2.05, 4.69) is 5.32 Å². The van der Waals surface area contributed by atoms with Crippen molar-refractivity contribution < 1.29 is 9.90 Å². The van der Waals surface area contributed by atoms with Crippen molar-refractivity contribution in [3.05, 3.63) is 35.9 Å². The van der Waals surface area contributed by atoms with Gasteiger partial charge in [0.05, 0.1) is 0 Å². The van der Waals surface area contributed by atoms with Gasteiger partial charge >= 0.3 is 5.97 Å². The van der Waals surface area contributed by atoms with Crippen LogP contribution in [0.1, 0.15) is 44.6 Å². The molecule has 0 aliphatic heterocycles. The highest BCUT2D eigenvalue weighted by Crippen LogP contribution is 2.26. The van der Waals surface area contributed by atoms with E-state index < -0.39 is 11.5 Å². The number of nitrogens with one attached hydrogen (secondary N) is 1. The summed E-state index contributed by atoms with van der Waals surface area (Å²) in [5.74, 6) is -0.806. The second kappa shape index (κ2) is 5.53. The van der Waals surface area contributed by atoms with Crippen LogP contribution in [0.2, 0.25) is 0 Å². The first-order chi connectivity index (χ1) is 8.63. The number of carboxylic acid groups (broad SMARTS) is 1. The predicted molar refractivity (Wildman–Crippen MR) is 71.4 cm³/mol. The molecule has 1 saturated carbocycles. The number of benzene rings is 1. The lowest BCUT2D eigenvalue weighted by Crippen LogP contribution is -2.51. The van der Waals surface area contributed by atoms with Gasteiger partial charge in [0, 0.05) is 6.04 Å². The molecule has 1 aromatic carbocycles. The second-order valence-electron chi connectivity index (χ2n) is 5.28. The molecule has 1 aliphatic carbocycles. The Morgan fingerprint density at radius 1 is 1.22 bits per heavy atom. The van der Waals surface area contributed by atoms with Gasteiger partial charge in [-0.1, -0.05) is 49.6 Å². The highest BCUT2D eigenvalue weighted by Gasteiger charge is 2.37. The molecule has 0 bridgehead atoms. The molecule has 3 nitrogen and oxygen atoms in total. The molecule has 2 N–H and O–H groups in total. The number of carboxylic acids is 1. The molecule has 3 heteroatoms. The summed E-state index contributed by atoms with van der Waals surface area (Å²) in [4.78, 5) is 11.6.